The molecule has 0 radical (unpaired) electrons. The van der Waals surface area contributed by atoms with E-state index >= 15 is 0 Å². The van der Waals surface area contributed by atoms with Gasteiger partial charge in [-0.1, -0.05) is 34.1 Å². The van der Waals surface area contributed by atoms with Crippen molar-refractivity contribution in [1.82, 2.24) is 10.4 Å². The monoisotopic (exact) mass is 491 g/mol. The summed E-state index contributed by atoms with van der Waals surface area (Å²) >= 11 is 6.57. The van der Waals surface area contributed by atoms with Crippen molar-refractivity contribution in [1.29, 1.82) is 0 Å². The Labute approximate surface area is 172 Å². The van der Waals surface area contributed by atoms with E-state index in [1.54, 1.807) is 31.3 Å². The number of para-hydroxylation sites is 1. The van der Waals surface area contributed by atoms with Crippen LogP contribution in [-0.2, 0) is 4.79 Å². The molecule has 2 aromatic carbocycles. The topological polar surface area (TPSA) is 83.8 Å². The van der Waals surface area contributed by atoms with Crippen LogP contribution in [-0.4, -0.2) is 28.3 Å². The lowest BCUT2D eigenvalue weighted by Crippen LogP contribution is -2.33. The number of aromatic hydroxyl groups is 1. The number of nitrogens with zero attached hydrogens (tertiary/aromatic N) is 2. The molecule has 0 aliphatic rings. The number of hydrazone groups is 1. The third kappa shape index (κ3) is 4.64. The van der Waals surface area contributed by atoms with E-state index in [1.807, 2.05) is 24.3 Å². The second-order valence-corrected chi connectivity index (χ2v) is 7.42. The highest BCUT2D eigenvalue weighted by molar-refractivity contribution is 9.11. The first-order valence-corrected chi connectivity index (χ1v) is 9.55. The van der Waals surface area contributed by atoms with Crippen LogP contribution in [0.1, 0.15) is 12.5 Å². The second-order valence-electron chi connectivity index (χ2n) is 5.65. The lowest BCUT2D eigenvalue weighted by atomic mass is 10.2. The van der Waals surface area contributed by atoms with Crippen LogP contribution in [0.2, 0.25) is 0 Å². The molecule has 2 N–H and O–H groups in total. The quantitative estimate of drug-likeness (QED) is 0.409. The van der Waals surface area contributed by atoms with Crippen LogP contribution in [0.5, 0.6) is 11.5 Å². The number of phenols is 1. The fourth-order valence-electron chi connectivity index (χ4n) is 2.36. The molecule has 3 rings (SSSR count). The first-order valence-electron chi connectivity index (χ1n) is 7.97. The Balaban J connectivity index is 1.68. The Kier molecular flexibility index (Phi) is 6.08. The van der Waals surface area contributed by atoms with Crippen LogP contribution in [0.3, 0.4) is 0 Å². The number of amides is 1. The molecular formula is C19H15Br2N3O3. The van der Waals surface area contributed by atoms with Crippen molar-refractivity contribution in [2.75, 3.05) is 0 Å². The van der Waals surface area contributed by atoms with Crippen LogP contribution in [0.4, 0.5) is 0 Å². The molecule has 0 fully saturated rings. The number of pyridine rings is 1. The van der Waals surface area contributed by atoms with Gasteiger partial charge in [0.2, 0.25) is 0 Å². The highest BCUT2D eigenvalue weighted by Gasteiger charge is 2.16. The average Bonchev–Trinajstić information content (AvgIpc) is 2.65. The number of rotatable bonds is 5. The van der Waals surface area contributed by atoms with Crippen LogP contribution in [0.15, 0.2) is 62.7 Å². The van der Waals surface area contributed by atoms with Gasteiger partial charge in [0.05, 0.1) is 10.7 Å². The number of phenolic OH excluding ortho intramolecular Hbond substituents is 1. The molecule has 0 bridgehead atoms. The summed E-state index contributed by atoms with van der Waals surface area (Å²) in [5.74, 6) is 0.128. The van der Waals surface area contributed by atoms with Crippen molar-refractivity contribution < 1.29 is 14.6 Å². The summed E-state index contributed by atoms with van der Waals surface area (Å²) < 4.78 is 7.02. The lowest BCUT2D eigenvalue weighted by Gasteiger charge is -2.14. The number of benzene rings is 2. The van der Waals surface area contributed by atoms with Gasteiger partial charge in [0.1, 0.15) is 17.0 Å². The Morgan fingerprint density at radius 1 is 1.30 bits per heavy atom. The van der Waals surface area contributed by atoms with E-state index in [9.17, 15) is 9.90 Å². The zero-order chi connectivity index (χ0) is 19.4. The van der Waals surface area contributed by atoms with Crippen molar-refractivity contribution in [3.63, 3.8) is 0 Å². The summed E-state index contributed by atoms with van der Waals surface area (Å²) in [5, 5.41) is 14.8. The fraction of sp³-hybridized carbons (Fsp3) is 0.105. The molecule has 0 spiro atoms. The predicted molar refractivity (Wildman–Crippen MR) is 111 cm³/mol. The van der Waals surface area contributed by atoms with Gasteiger partial charge in [0.25, 0.3) is 5.91 Å². The molecule has 1 atom stereocenters. The molecule has 1 aromatic heterocycles. The Morgan fingerprint density at radius 3 is 2.89 bits per heavy atom. The van der Waals surface area contributed by atoms with Gasteiger partial charge in [-0.2, -0.15) is 5.10 Å². The summed E-state index contributed by atoms with van der Waals surface area (Å²) in [7, 11) is 0. The largest absolute Gasteiger partial charge is 0.506 e. The van der Waals surface area contributed by atoms with Gasteiger partial charge in [-0.3, -0.25) is 9.78 Å². The minimum Gasteiger partial charge on any atom is -0.506 e. The Morgan fingerprint density at radius 2 is 2.07 bits per heavy atom. The minimum atomic E-state index is -0.780. The maximum atomic E-state index is 12.2. The SMILES string of the molecule is CC(Oc1cccc2cccnc12)C(=O)N/N=C/c1cc(Br)cc(Br)c1O. The minimum absolute atomic E-state index is 0.0299. The summed E-state index contributed by atoms with van der Waals surface area (Å²) in [6.07, 6.45) is 2.25. The Bertz CT molecular complexity index is 1020. The third-order valence-electron chi connectivity index (χ3n) is 3.70. The van der Waals surface area contributed by atoms with E-state index in [0.717, 1.165) is 9.86 Å². The summed E-state index contributed by atoms with van der Waals surface area (Å²) in [6.45, 7) is 1.62. The molecule has 1 amide bonds. The Hall–Kier alpha value is -2.45. The number of carbonyl (C=O) groups is 1. The highest BCUT2D eigenvalue weighted by atomic mass is 79.9. The van der Waals surface area contributed by atoms with E-state index in [1.165, 1.54) is 6.21 Å². The summed E-state index contributed by atoms with van der Waals surface area (Å²) in [4.78, 5) is 16.5. The molecule has 138 valence electrons. The number of nitrogens with one attached hydrogen (secondary N) is 1. The molecule has 0 saturated carbocycles. The third-order valence-corrected chi connectivity index (χ3v) is 4.77. The van der Waals surface area contributed by atoms with Gasteiger partial charge in [-0.05, 0) is 47.1 Å². The van der Waals surface area contributed by atoms with E-state index in [4.69, 9.17) is 4.74 Å². The van der Waals surface area contributed by atoms with Gasteiger partial charge < -0.3 is 9.84 Å². The number of aromatic nitrogens is 1. The van der Waals surface area contributed by atoms with E-state index in [0.29, 0.717) is 21.3 Å². The number of hydrogen-bond donors (Lipinski definition) is 2. The van der Waals surface area contributed by atoms with Crippen LogP contribution < -0.4 is 10.2 Å². The standard InChI is InChI=1S/C19H15Br2N3O3/c1-11(27-16-6-2-4-12-5-3-7-22-17(12)16)19(26)24-23-10-13-8-14(20)9-15(21)18(13)25/h2-11,25H,1H3,(H,24,26)/b23-10+. The first kappa shape index (κ1) is 19.3. The highest BCUT2D eigenvalue weighted by Crippen LogP contribution is 2.30. The van der Waals surface area contributed by atoms with Crippen LogP contribution in [0.25, 0.3) is 10.9 Å². The van der Waals surface area contributed by atoms with Crippen molar-refractivity contribution in [3.05, 3.63) is 63.2 Å². The van der Waals surface area contributed by atoms with Crippen molar-refractivity contribution in [2.24, 2.45) is 5.10 Å². The van der Waals surface area contributed by atoms with Crippen LogP contribution >= 0.6 is 31.9 Å². The van der Waals surface area contributed by atoms with Gasteiger partial charge in [-0.25, -0.2) is 5.43 Å². The molecule has 1 heterocycles. The van der Waals surface area contributed by atoms with Gasteiger partial charge in [-0.15, -0.1) is 0 Å². The zero-order valence-electron chi connectivity index (χ0n) is 14.2. The smallest absolute Gasteiger partial charge is 0.280 e. The molecule has 27 heavy (non-hydrogen) atoms. The number of carbonyl (C=O) groups excluding carboxylic acids is 1. The van der Waals surface area contributed by atoms with E-state index < -0.39 is 12.0 Å². The lowest BCUT2D eigenvalue weighted by molar-refractivity contribution is -0.127. The van der Waals surface area contributed by atoms with Crippen molar-refractivity contribution >= 4 is 54.9 Å². The number of fused-ring (bicyclic) bond motifs is 1. The maximum absolute atomic E-state index is 12.2. The fourth-order valence-corrected chi connectivity index (χ4v) is 3.61. The van der Waals surface area contributed by atoms with Crippen LogP contribution in [0, 0.1) is 0 Å². The van der Waals surface area contributed by atoms with Crippen molar-refractivity contribution in [3.8, 4) is 11.5 Å². The zero-order valence-corrected chi connectivity index (χ0v) is 17.4. The normalized spacial score (nSPS) is 12.3. The van der Waals surface area contributed by atoms with Gasteiger partial charge in [0, 0.05) is 21.6 Å². The average molecular weight is 493 g/mol. The molecule has 0 aliphatic carbocycles. The van der Waals surface area contributed by atoms with Crippen molar-refractivity contribution in [2.45, 2.75) is 13.0 Å². The molecule has 0 saturated heterocycles. The van der Waals surface area contributed by atoms with Gasteiger partial charge in [0.15, 0.2) is 6.10 Å². The molecule has 0 aliphatic heterocycles. The van der Waals surface area contributed by atoms with E-state index in [-0.39, 0.29) is 5.75 Å². The molecule has 6 nitrogen and oxygen atoms in total. The molecular weight excluding hydrogens is 478 g/mol. The number of halogens is 2. The predicted octanol–water partition coefficient (Wildman–Crippen LogP) is 4.38. The summed E-state index contributed by atoms with van der Waals surface area (Å²) in [5.41, 5.74) is 3.54. The van der Waals surface area contributed by atoms with E-state index in [2.05, 4.69) is 47.4 Å². The van der Waals surface area contributed by atoms with Gasteiger partial charge >= 0.3 is 0 Å². The molecule has 8 heteroatoms. The summed E-state index contributed by atoms with van der Waals surface area (Å²) in [6, 6.07) is 12.7. The maximum Gasteiger partial charge on any atom is 0.280 e. The number of ether oxygens (including phenoxy) is 1. The molecule has 1 unspecified atom stereocenters. The first-order chi connectivity index (χ1) is 13.0. The second kappa shape index (κ2) is 8.49. The number of hydrogen-bond acceptors (Lipinski definition) is 5. The molecule has 3 aromatic rings.